The van der Waals surface area contributed by atoms with Gasteiger partial charge in [0.15, 0.2) is 0 Å². The van der Waals surface area contributed by atoms with Crippen LogP contribution in [0.1, 0.15) is 11.1 Å². The molecule has 0 saturated carbocycles. The minimum absolute atomic E-state index is 0.0901. The first-order chi connectivity index (χ1) is 6.46. The molecule has 0 spiro atoms. The summed E-state index contributed by atoms with van der Waals surface area (Å²) in [5.74, 6) is -0.912. The van der Waals surface area contributed by atoms with Crippen LogP contribution in [0.25, 0.3) is 0 Å². The van der Waals surface area contributed by atoms with Crippen LogP contribution in [0.2, 0.25) is 0 Å². The van der Waals surface area contributed by atoms with Gasteiger partial charge in [0.2, 0.25) is 0 Å². The molecule has 78 valence electrons. The van der Waals surface area contributed by atoms with E-state index in [2.05, 4.69) is 0 Å². The molecule has 0 atom stereocenters. The summed E-state index contributed by atoms with van der Waals surface area (Å²) in [6.45, 7) is 0. The van der Waals surface area contributed by atoms with Gasteiger partial charge in [-0.2, -0.15) is 24.9 Å². The Hall–Kier alpha value is -0.710. The van der Waals surface area contributed by atoms with Gasteiger partial charge < -0.3 is 0 Å². The number of thioether (sulfide) groups is 1. The predicted molar refractivity (Wildman–Crippen MR) is 48.6 cm³/mol. The molecule has 0 saturated heterocycles. The highest BCUT2D eigenvalue weighted by atomic mass is 32.2. The highest BCUT2D eigenvalue weighted by Gasteiger charge is 2.34. The van der Waals surface area contributed by atoms with Gasteiger partial charge in [-0.05, 0) is 17.9 Å². The van der Waals surface area contributed by atoms with Gasteiger partial charge in [0.25, 0.3) is 0 Å². The summed E-state index contributed by atoms with van der Waals surface area (Å²) in [4.78, 5) is 0. The number of hydrogen-bond acceptors (Lipinski definition) is 1. The second-order valence-electron chi connectivity index (χ2n) is 2.71. The van der Waals surface area contributed by atoms with Crippen LogP contribution in [0.3, 0.4) is 0 Å². The Morgan fingerprint density at radius 2 is 1.93 bits per heavy atom. The van der Waals surface area contributed by atoms with Gasteiger partial charge in [-0.25, -0.2) is 4.39 Å². The van der Waals surface area contributed by atoms with Crippen LogP contribution in [-0.2, 0) is 11.9 Å². The van der Waals surface area contributed by atoms with Crippen LogP contribution < -0.4 is 0 Å². The third-order valence-corrected chi connectivity index (χ3v) is 2.28. The van der Waals surface area contributed by atoms with Crippen molar-refractivity contribution in [2.45, 2.75) is 11.9 Å². The summed E-state index contributed by atoms with van der Waals surface area (Å²) in [6, 6.07) is 3.33. The van der Waals surface area contributed by atoms with Crippen molar-refractivity contribution >= 4 is 11.8 Å². The summed E-state index contributed by atoms with van der Waals surface area (Å²) in [5.41, 5.74) is -1.10. The van der Waals surface area contributed by atoms with E-state index in [1.165, 1.54) is 23.9 Å². The molecule has 0 radical (unpaired) electrons. The molecular weight excluding hydrogens is 216 g/mol. The van der Waals surface area contributed by atoms with Crippen molar-refractivity contribution in [3.05, 3.63) is 35.1 Å². The normalized spacial score (nSPS) is 11.8. The fraction of sp³-hybridized carbons (Fsp3) is 0.333. The number of benzene rings is 1. The lowest BCUT2D eigenvalue weighted by molar-refractivity contribution is -0.140. The zero-order valence-electron chi connectivity index (χ0n) is 7.36. The molecule has 0 aliphatic rings. The third-order valence-electron chi connectivity index (χ3n) is 1.68. The highest BCUT2D eigenvalue weighted by Crippen LogP contribution is 2.32. The summed E-state index contributed by atoms with van der Waals surface area (Å²) >= 11 is 1.28. The Kier molecular flexibility index (Phi) is 3.42. The van der Waals surface area contributed by atoms with Crippen molar-refractivity contribution in [3.63, 3.8) is 0 Å². The first kappa shape index (κ1) is 11.4. The minimum Gasteiger partial charge on any atom is -0.206 e. The van der Waals surface area contributed by atoms with Gasteiger partial charge in [0.05, 0.1) is 5.56 Å². The molecule has 14 heavy (non-hydrogen) atoms. The monoisotopic (exact) mass is 224 g/mol. The average Bonchev–Trinajstić information content (AvgIpc) is 2.07. The first-order valence-corrected chi connectivity index (χ1v) is 5.19. The molecule has 0 bridgehead atoms. The van der Waals surface area contributed by atoms with Gasteiger partial charge in [0.1, 0.15) is 5.82 Å². The number of halogens is 4. The first-order valence-electron chi connectivity index (χ1n) is 3.80. The van der Waals surface area contributed by atoms with Crippen LogP contribution in [0.4, 0.5) is 17.6 Å². The molecular formula is C9H8F4S. The van der Waals surface area contributed by atoms with Crippen LogP contribution in [-0.4, -0.2) is 6.26 Å². The minimum atomic E-state index is -4.61. The Bertz CT molecular complexity index is 319. The van der Waals surface area contributed by atoms with E-state index < -0.39 is 17.6 Å². The molecule has 1 aromatic rings. The van der Waals surface area contributed by atoms with Crippen molar-refractivity contribution in [1.82, 2.24) is 0 Å². The Morgan fingerprint density at radius 3 is 2.43 bits per heavy atom. The molecule has 0 heterocycles. The lowest BCUT2D eigenvalue weighted by Crippen LogP contribution is -2.09. The number of rotatable bonds is 2. The molecule has 5 heteroatoms. The average molecular weight is 224 g/mol. The van der Waals surface area contributed by atoms with Crippen LogP contribution >= 0.6 is 11.8 Å². The molecule has 0 unspecified atom stereocenters. The SMILES string of the molecule is CSCc1cccc(C(F)(F)F)c1F. The molecule has 0 nitrogen and oxygen atoms in total. The van der Waals surface area contributed by atoms with Crippen LogP contribution in [0.15, 0.2) is 18.2 Å². The van der Waals surface area contributed by atoms with Gasteiger partial charge in [0, 0.05) is 5.75 Å². The van der Waals surface area contributed by atoms with Crippen molar-refractivity contribution < 1.29 is 17.6 Å². The quantitative estimate of drug-likeness (QED) is 0.690. The number of hydrogen-bond donors (Lipinski definition) is 0. The van der Waals surface area contributed by atoms with E-state index >= 15 is 0 Å². The topological polar surface area (TPSA) is 0 Å². The second kappa shape index (κ2) is 4.21. The molecule has 0 amide bonds. The maximum atomic E-state index is 13.2. The molecule has 0 fully saturated rings. The van der Waals surface area contributed by atoms with E-state index in [1.807, 2.05) is 0 Å². The van der Waals surface area contributed by atoms with Crippen molar-refractivity contribution in [1.29, 1.82) is 0 Å². The molecule has 1 rings (SSSR count). The zero-order chi connectivity index (χ0) is 10.8. The Balaban J connectivity index is 3.14. The summed E-state index contributed by atoms with van der Waals surface area (Å²) in [5, 5.41) is 0. The van der Waals surface area contributed by atoms with Crippen molar-refractivity contribution in [2.24, 2.45) is 0 Å². The van der Waals surface area contributed by atoms with Gasteiger partial charge in [-0.1, -0.05) is 12.1 Å². The maximum Gasteiger partial charge on any atom is 0.419 e. The molecule has 0 aliphatic heterocycles. The smallest absolute Gasteiger partial charge is 0.206 e. The highest BCUT2D eigenvalue weighted by molar-refractivity contribution is 7.97. The van der Waals surface area contributed by atoms with E-state index in [4.69, 9.17) is 0 Å². The van der Waals surface area contributed by atoms with Crippen molar-refractivity contribution in [3.8, 4) is 0 Å². The molecule has 0 N–H and O–H groups in total. The van der Waals surface area contributed by atoms with Crippen LogP contribution in [0.5, 0.6) is 0 Å². The van der Waals surface area contributed by atoms with E-state index in [1.54, 1.807) is 6.26 Å². The standard InChI is InChI=1S/C9H8F4S/c1-14-5-6-3-2-4-7(8(6)10)9(11,12)13/h2-4H,5H2,1H3. The Morgan fingerprint density at radius 1 is 1.29 bits per heavy atom. The van der Waals surface area contributed by atoms with Crippen LogP contribution in [0, 0.1) is 5.82 Å². The summed E-state index contributed by atoms with van der Waals surface area (Å²) < 4.78 is 49.9. The zero-order valence-corrected chi connectivity index (χ0v) is 8.18. The lowest BCUT2D eigenvalue weighted by atomic mass is 10.1. The van der Waals surface area contributed by atoms with E-state index in [0.29, 0.717) is 0 Å². The Labute approximate surface area is 83.3 Å². The predicted octanol–water partition coefficient (Wildman–Crippen LogP) is 3.71. The van der Waals surface area contributed by atoms with Crippen molar-refractivity contribution in [2.75, 3.05) is 6.26 Å². The third kappa shape index (κ3) is 2.41. The molecule has 1 aromatic carbocycles. The maximum absolute atomic E-state index is 13.2. The lowest BCUT2D eigenvalue weighted by Gasteiger charge is -2.10. The second-order valence-corrected chi connectivity index (χ2v) is 3.58. The fourth-order valence-electron chi connectivity index (χ4n) is 1.07. The largest absolute Gasteiger partial charge is 0.419 e. The summed E-state index contributed by atoms with van der Waals surface area (Å²) in [6.07, 6.45) is -2.90. The summed E-state index contributed by atoms with van der Waals surface area (Å²) in [7, 11) is 0. The van der Waals surface area contributed by atoms with Gasteiger partial charge in [-0.15, -0.1) is 0 Å². The number of alkyl halides is 3. The molecule has 0 aliphatic carbocycles. The molecule has 0 aromatic heterocycles. The van der Waals surface area contributed by atoms with E-state index in [9.17, 15) is 17.6 Å². The van der Waals surface area contributed by atoms with Gasteiger partial charge >= 0.3 is 6.18 Å². The van der Waals surface area contributed by atoms with E-state index in [0.717, 1.165) is 6.07 Å². The van der Waals surface area contributed by atoms with Gasteiger partial charge in [-0.3, -0.25) is 0 Å². The fourth-order valence-corrected chi connectivity index (χ4v) is 1.60. The van der Waals surface area contributed by atoms with E-state index in [-0.39, 0.29) is 11.3 Å².